The van der Waals surface area contributed by atoms with Gasteiger partial charge >= 0.3 is 0 Å². The Morgan fingerprint density at radius 3 is 2.31 bits per heavy atom. The largest absolute Gasteiger partial charge is 0.378 e. The van der Waals surface area contributed by atoms with Crippen molar-refractivity contribution in [3.8, 4) is 0 Å². The van der Waals surface area contributed by atoms with Gasteiger partial charge in [0.2, 0.25) is 5.91 Å². The molecule has 3 amide bonds. The van der Waals surface area contributed by atoms with Crippen LogP contribution in [0.3, 0.4) is 0 Å². The van der Waals surface area contributed by atoms with Crippen LogP contribution in [-0.2, 0) is 9.53 Å². The first-order valence-corrected chi connectivity index (χ1v) is 12.0. The average molecular weight is 487 g/mol. The lowest BCUT2D eigenvalue weighted by Gasteiger charge is -2.27. The molecule has 0 saturated carbocycles. The van der Waals surface area contributed by atoms with E-state index in [9.17, 15) is 14.4 Å². The summed E-state index contributed by atoms with van der Waals surface area (Å²) in [7, 11) is 0. The highest BCUT2D eigenvalue weighted by Gasteiger charge is 2.18. The van der Waals surface area contributed by atoms with Gasteiger partial charge in [0.05, 0.1) is 25.8 Å². The maximum absolute atomic E-state index is 12.7. The summed E-state index contributed by atoms with van der Waals surface area (Å²) in [6, 6.07) is 23.5. The summed E-state index contributed by atoms with van der Waals surface area (Å²) in [6.45, 7) is 4.20. The number of amides is 3. The van der Waals surface area contributed by atoms with Gasteiger partial charge in [-0.1, -0.05) is 36.4 Å². The van der Waals surface area contributed by atoms with Crippen molar-refractivity contribution in [2.45, 2.75) is 13.0 Å². The van der Waals surface area contributed by atoms with Gasteiger partial charge < -0.3 is 25.6 Å². The van der Waals surface area contributed by atoms with E-state index in [-0.39, 0.29) is 30.3 Å². The average Bonchev–Trinajstić information content (AvgIpc) is 2.93. The molecule has 1 aliphatic rings. The van der Waals surface area contributed by atoms with Crippen molar-refractivity contribution in [1.29, 1.82) is 0 Å². The Hall–Kier alpha value is -4.17. The van der Waals surface area contributed by atoms with E-state index in [2.05, 4.69) is 16.0 Å². The molecule has 186 valence electrons. The number of morpholine rings is 1. The Morgan fingerprint density at radius 2 is 1.58 bits per heavy atom. The van der Waals surface area contributed by atoms with Crippen LogP contribution in [0.15, 0.2) is 78.9 Å². The molecule has 0 aromatic heterocycles. The van der Waals surface area contributed by atoms with Gasteiger partial charge in [0, 0.05) is 35.6 Å². The van der Waals surface area contributed by atoms with Crippen molar-refractivity contribution in [3.05, 3.63) is 95.6 Å². The van der Waals surface area contributed by atoms with Crippen LogP contribution in [0.2, 0.25) is 0 Å². The number of carbonyl (C=O) groups excluding carboxylic acids is 3. The van der Waals surface area contributed by atoms with Gasteiger partial charge in [-0.3, -0.25) is 14.4 Å². The van der Waals surface area contributed by atoms with E-state index in [1.54, 1.807) is 47.4 Å². The molecule has 36 heavy (non-hydrogen) atoms. The molecule has 3 N–H and O–H groups in total. The standard InChI is InChI=1S/C28H30N4O4/c1-20(21-6-3-2-4-7-21)30-27(34)22-10-12-24(13-11-22)31-26(33)19-29-25-9-5-8-23(18-25)28(35)32-14-16-36-17-15-32/h2-13,18,20,29H,14-17,19H2,1H3,(H,30,34)(H,31,33). The molecule has 1 atom stereocenters. The van der Waals surface area contributed by atoms with E-state index in [4.69, 9.17) is 4.74 Å². The van der Waals surface area contributed by atoms with Crippen molar-refractivity contribution >= 4 is 29.1 Å². The van der Waals surface area contributed by atoms with Gasteiger partial charge in [-0.2, -0.15) is 0 Å². The fourth-order valence-electron chi connectivity index (χ4n) is 3.91. The van der Waals surface area contributed by atoms with Gasteiger partial charge in [0.1, 0.15) is 0 Å². The number of ether oxygens (including phenoxy) is 1. The Bertz CT molecular complexity index is 1190. The Balaban J connectivity index is 1.26. The number of nitrogens with one attached hydrogen (secondary N) is 3. The first-order chi connectivity index (χ1) is 17.5. The molecule has 1 aliphatic heterocycles. The number of carbonyl (C=O) groups is 3. The molecule has 4 rings (SSSR count). The van der Waals surface area contributed by atoms with Gasteiger partial charge in [-0.15, -0.1) is 0 Å². The number of benzene rings is 3. The van der Waals surface area contributed by atoms with Crippen LogP contribution in [0.25, 0.3) is 0 Å². The van der Waals surface area contributed by atoms with Crippen LogP contribution in [0.4, 0.5) is 11.4 Å². The Morgan fingerprint density at radius 1 is 0.861 bits per heavy atom. The molecule has 8 heteroatoms. The zero-order valence-electron chi connectivity index (χ0n) is 20.2. The van der Waals surface area contributed by atoms with Gasteiger partial charge in [0.25, 0.3) is 11.8 Å². The highest BCUT2D eigenvalue weighted by molar-refractivity contribution is 5.97. The van der Waals surface area contributed by atoms with Crippen LogP contribution in [0, 0.1) is 0 Å². The zero-order chi connectivity index (χ0) is 25.3. The van der Waals surface area contributed by atoms with Crippen molar-refractivity contribution in [2.24, 2.45) is 0 Å². The minimum atomic E-state index is -0.241. The molecule has 3 aromatic carbocycles. The molecular weight excluding hydrogens is 456 g/mol. The summed E-state index contributed by atoms with van der Waals surface area (Å²) in [5.74, 6) is -0.471. The topological polar surface area (TPSA) is 99.8 Å². The third-order valence-corrected chi connectivity index (χ3v) is 5.94. The summed E-state index contributed by atoms with van der Waals surface area (Å²) >= 11 is 0. The van der Waals surface area contributed by atoms with Gasteiger partial charge in [-0.05, 0) is 55.0 Å². The fraction of sp³-hybridized carbons (Fsp3) is 0.250. The monoisotopic (exact) mass is 486 g/mol. The molecule has 8 nitrogen and oxygen atoms in total. The van der Waals surface area contributed by atoms with Crippen LogP contribution in [0.5, 0.6) is 0 Å². The summed E-state index contributed by atoms with van der Waals surface area (Å²) in [5, 5.41) is 8.84. The molecule has 1 heterocycles. The quantitative estimate of drug-likeness (QED) is 0.451. The molecule has 1 saturated heterocycles. The van der Waals surface area contributed by atoms with Crippen molar-refractivity contribution in [1.82, 2.24) is 10.2 Å². The summed E-state index contributed by atoms with van der Waals surface area (Å²) < 4.78 is 5.30. The number of rotatable bonds is 8. The van der Waals surface area contributed by atoms with E-state index in [1.165, 1.54) is 0 Å². The highest BCUT2D eigenvalue weighted by atomic mass is 16.5. The molecule has 0 spiro atoms. The second-order valence-corrected chi connectivity index (χ2v) is 8.57. The molecule has 1 fully saturated rings. The summed E-state index contributed by atoms with van der Waals surface area (Å²) in [6.07, 6.45) is 0. The van der Waals surface area contributed by atoms with E-state index >= 15 is 0 Å². The lowest BCUT2D eigenvalue weighted by molar-refractivity contribution is -0.114. The third kappa shape index (κ3) is 6.70. The summed E-state index contributed by atoms with van der Waals surface area (Å²) in [5.41, 5.74) is 3.38. The van der Waals surface area contributed by atoms with E-state index in [0.717, 1.165) is 5.56 Å². The van der Waals surface area contributed by atoms with Crippen molar-refractivity contribution < 1.29 is 19.1 Å². The highest BCUT2D eigenvalue weighted by Crippen LogP contribution is 2.16. The van der Waals surface area contributed by atoms with Gasteiger partial charge in [0.15, 0.2) is 0 Å². The lowest BCUT2D eigenvalue weighted by atomic mass is 10.1. The second kappa shape index (κ2) is 12.0. The van der Waals surface area contributed by atoms with Crippen LogP contribution < -0.4 is 16.0 Å². The molecule has 0 bridgehead atoms. The number of anilines is 2. The smallest absolute Gasteiger partial charge is 0.254 e. The molecule has 1 unspecified atom stereocenters. The zero-order valence-corrected chi connectivity index (χ0v) is 20.2. The fourth-order valence-corrected chi connectivity index (χ4v) is 3.91. The maximum Gasteiger partial charge on any atom is 0.254 e. The SMILES string of the molecule is CC(NC(=O)c1ccc(NC(=O)CNc2cccc(C(=O)N3CCOCC3)c2)cc1)c1ccccc1. The minimum absolute atomic E-state index is 0.0338. The maximum atomic E-state index is 12.7. The predicted octanol–water partition coefficient (Wildman–Crippen LogP) is 3.70. The molecule has 0 aliphatic carbocycles. The minimum Gasteiger partial charge on any atom is -0.378 e. The molecule has 3 aromatic rings. The summed E-state index contributed by atoms with van der Waals surface area (Å²) in [4.78, 5) is 39.4. The molecular formula is C28H30N4O4. The lowest BCUT2D eigenvalue weighted by Crippen LogP contribution is -2.40. The Labute approximate surface area is 210 Å². The first kappa shape index (κ1) is 24.9. The van der Waals surface area contributed by atoms with Crippen molar-refractivity contribution in [3.63, 3.8) is 0 Å². The van der Waals surface area contributed by atoms with Gasteiger partial charge in [-0.25, -0.2) is 0 Å². The number of hydrogen-bond acceptors (Lipinski definition) is 5. The first-order valence-electron chi connectivity index (χ1n) is 12.0. The van der Waals surface area contributed by atoms with Crippen LogP contribution in [0.1, 0.15) is 39.2 Å². The Kier molecular flexibility index (Phi) is 8.31. The number of hydrogen-bond donors (Lipinski definition) is 3. The van der Waals surface area contributed by atoms with E-state index in [1.807, 2.05) is 43.3 Å². The van der Waals surface area contributed by atoms with E-state index in [0.29, 0.717) is 48.8 Å². The van der Waals surface area contributed by atoms with E-state index < -0.39 is 0 Å². The molecule has 0 radical (unpaired) electrons. The van der Waals surface area contributed by atoms with Crippen molar-refractivity contribution in [2.75, 3.05) is 43.5 Å². The third-order valence-electron chi connectivity index (χ3n) is 5.94. The van der Waals surface area contributed by atoms with Crippen LogP contribution in [-0.4, -0.2) is 55.5 Å². The van der Waals surface area contributed by atoms with Crippen LogP contribution >= 0.6 is 0 Å². The second-order valence-electron chi connectivity index (χ2n) is 8.57. The predicted molar refractivity (Wildman–Crippen MR) is 139 cm³/mol. The normalized spacial score (nSPS) is 14.0. The number of nitrogens with zero attached hydrogens (tertiary/aromatic N) is 1.